The molecule has 7 heteroatoms. The van der Waals surface area contributed by atoms with Crippen molar-refractivity contribution < 1.29 is 35.1 Å². The van der Waals surface area contributed by atoms with E-state index in [1.54, 1.807) is 0 Å². The molecule has 0 bridgehead atoms. The maximum atomic E-state index is 12.0. The molecule has 7 nitrogen and oxygen atoms in total. The van der Waals surface area contributed by atoms with Gasteiger partial charge in [-0.2, -0.15) is 0 Å². The molecular weight excluding hydrogens is 316 g/mol. The summed E-state index contributed by atoms with van der Waals surface area (Å²) in [5.74, 6) is -2.57. The largest absolute Gasteiger partial charge is 0.394 e. The summed E-state index contributed by atoms with van der Waals surface area (Å²) in [7, 11) is 0. The molecule has 1 heterocycles. The molecule has 1 aliphatic rings. The van der Waals surface area contributed by atoms with E-state index in [4.69, 9.17) is 9.84 Å². The molecule has 142 valence electrons. The van der Waals surface area contributed by atoms with Crippen molar-refractivity contribution in [1.82, 2.24) is 0 Å². The Labute approximate surface area is 143 Å². The summed E-state index contributed by atoms with van der Waals surface area (Å²) in [6.07, 6.45) is 0.958. The SMILES string of the molecule is CCCCCCCCCC(=O)C[C@@]1(O)O[C@H](CO)[C@@H](O)[C@H](O)[C@H]1O. The van der Waals surface area contributed by atoms with Crippen molar-refractivity contribution in [3.05, 3.63) is 0 Å². The molecule has 0 saturated carbocycles. The Balaban J connectivity index is 2.38. The van der Waals surface area contributed by atoms with Gasteiger partial charge >= 0.3 is 0 Å². The van der Waals surface area contributed by atoms with Crippen LogP contribution in [0.1, 0.15) is 64.7 Å². The van der Waals surface area contributed by atoms with E-state index in [1.165, 1.54) is 19.3 Å². The zero-order valence-electron chi connectivity index (χ0n) is 14.4. The van der Waals surface area contributed by atoms with Gasteiger partial charge in [0, 0.05) is 6.42 Å². The fourth-order valence-electron chi connectivity index (χ4n) is 3.02. The van der Waals surface area contributed by atoms with Gasteiger partial charge in [-0.1, -0.05) is 45.4 Å². The number of hydrogen-bond acceptors (Lipinski definition) is 7. The minimum Gasteiger partial charge on any atom is -0.394 e. The highest BCUT2D eigenvalue weighted by Gasteiger charge is 2.53. The third kappa shape index (κ3) is 6.06. The van der Waals surface area contributed by atoms with Crippen molar-refractivity contribution in [2.45, 2.75) is 94.9 Å². The van der Waals surface area contributed by atoms with Crippen molar-refractivity contribution in [1.29, 1.82) is 0 Å². The first kappa shape index (κ1) is 21.5. The predicted octanol–water partition coefficient (Wildman–Crippen LogP) is 0.249. The number of aliphatic hydroxyl groups excluding tert-OH is 4. The van der Waals surface area contributed by atoms with E-state index in [0.717, 1.165) is 19.3 Å². The lowest BCUT2D eigenvalue weighted by Gasteiger charge is -2.45. The quantitative estimate of drug-likeness (QED) is 0.339. The first-order valence-electron chi connectivity index (χ1n) is 8.92. The van der Waals surface area contributed by atoms with Crippen molar-refractivity contribution in [2.75, 3.05) is 6.61 Å². The molecule has 1 rings (SSSR count). The Bertz CT molecular complexity index is 374. The van der Waals surface area contributed by atoms with Gasteiger partial charge in [0.1, 0.15) is 30.2 Å². The van der Waals surface area contributed by atoms with Crippen LogP contribution in [-0.4, -0.2) is 68.1 Å². The number of carbonyl (C=O) groups is 1. The molecule has 1 fully saturated rings. The lowest BCUT2D eigenvalue weighted by molar-refractivity contribution is -0.347. The second kappa shape index (κ2) is 10.4. The minimum atomic E-state index is -2.29. The molecule has 0 unspecified atom stereocenters. The zero-order valence-corrected chi connectivity index (χ0v) is 14.4. The molecule has 24 heavy (non-hydrogen) atoms. The van der Waals surface area contributed by atoms with E-state index in [9.17, 15) is 25.2 Å². The number of Topliss-reactive ketones (excluding diaryl/α,β-unsaturated/α-hetero) is 1. The van der Waals surface area contributed by atoms with Crippen LogP contribution in [0, 0.1) is 0 Å². The molecule has 0 aromatic rings. The minimum absolute atomic E-state index is 0.259. The number of rotatable bonds is 11. The van der Waals surface area contributed by atoms with E-state index in [1.807, 2.05) is 0 Å². The third-order valence-corrected chi connectivity index (χ3v) is 4.56. The van der Waals surface area contributed by atoms with Crippen molar-refractivity contribution in [2.24, 2.45) is 0 Å². The average Bonchev–Trinajstić information content (AvgIpc) is 2.55. The summed E-state index contributed by atoms with van der Waals surface area (Å²) in [6.45, 7) is 1.52. The van der Waals surface area contributed by atoms with Gasteiger partial charge in [0.2, 0.25) is 5.79 Å². The van der Waals surface area contributed by atoms with E-state index in [0.29, 0.717) is 6.42 Å². The first-order chi connectivity index (χ1) is 11.4. The number of unbranched alkanes of at least 4 members (excludes halogenated alkanes) is 6. The molecule has 0 spiro atoms. The highest BCUT2D eigenvalue weighted by atomic mass is 16.7. The van der Waals surface area contributed by atoms with E-state index < -0.39 is 43.2 Å². The lowest BCUT2D eigenvalue weighted by atomic mass is 9.89. The highest BCUT2D eigenvalue weighted by Crippen LogP contribution is 2.31. The van der Waals surface area contributed by atoms with Crippen LogP contribution in [0.4, 0.5) is 0 Å². The van der Waals surface area contributed by atoms with Gasteiger partial charge in [0.25, 0.3) is 0 Å². The van der Waals surface area contributed by atoms with Crippen LogP contribution in [0.15, 0.2) is 0 Å². The first-order valence-corrected chi connectivity index (χ1v) is 8.92. The van der Waals surface area contributed by atoms with Crippen molar-refractivity contribution in [3.63, 3.8) is 0 Å². The van der Waals surface area contributed by atoms with Crippen LogP contribution >= 0.6 is 0 Å². The molecule has 5 N–H and O–H groups in total. The summed E-state index contributed by atoms with van der Waals surface area (Å²) in [5, 5.41) is 48.7. The van der Waals surface area contributed by atoms with Gasteiger partial charge in [0.05, 0.1) is 13.0 Å². The molecule has 1 saturated heterocycles. The fourth-order valence-corrected chi connectivity index (χ4v) is 3.02. The predicted molar refractivity (Wildman–Crippen MR) is 87.2 cm³/mol. The van der Waals surface area contributed by atoms with Crippen molar-refractivity contribution >= 4 is 5.78 Å². The molecule has 0 aromatic carbocycles. The second-order valence-electron chi connectivity index (χ2n) is 6.70. The Hall–Kier alpha value is -0.570. The monoisotopic (exact) mass is 348 g/mol. The molecule has 0 amide bonds. The van der Waals surface area contributed by atoms with Gasteiger partial charge in [0.15, 0.2) is 0 Å². The second-order valence-corrected chi connectivity index (χ2v) is 6.70. The molecule has 0 aliphatic carbocycles. The fraction of sp³-hybridized carbons (Fsp3) is 0.941. The maximum Gasteiger partial charge on any atom is 0.202 e. The molecule has 1 aliphatic heterocycles. The van der Waals surface area contributed by atoms with Gasteiger partial charge in [-0.25, -0.2) is 0 Å². The normalized spacial score (nSPS) is 33.6. The third-order valence-electron chi connectivity index (χ3n) is 4.56. The number of ketones is 1. The van der Waals surface area contributed by atoms with Crippen LogP contribution in [-0.2, 0) is 9.53 Å². The van der Waals surface area contributed by atoms with E-state index in [-0.39, 0.29) is 12.2 Å². The zero-order chi connectivity index (χ0) is 18.2. The number of carbonyl (C=O) groups excluding carboxylic acids is 1. The standard InChI is InChI=1S/C17H32O7/c1-2-3-4-5-6-7-8-9-12(19)10-17(23)16(22)15(21)14(20)13(11-18)24-17/h13-16,18,20-23H,2-11H2,1H3/t13-,14-,15+,16-,17-/m1/s1. The van der Waals surface area contributed by atoms with Gasteiger partial charge in [-0.15, -0.1) is 0 Å². The number of hydrogen-bond donors (Lipinski definition) is 5. The van der Waals surface area contributed by atoms with Crippen LogP contribution in [0.2, 0.25) is 0 Å². The summed E-state index contributed by atoms with van der Waals surface area (Å²) in [4.78, 5) is 12.0. The van der Waals surface area contributed by atoms with Crippen molar-refractivity contribution in [3.8, 4) is 0 Å². The highest BCUT2D eigenvalue weighted by molar-refractivity contribution is 5.79. The lowest BCUT2D eigenvalue weighted by Crippen LogP contribution is -2.65. The molecule has 0 aromatic heterocycles. The van der Waals surface area contributed by atoms with Gasteiger partial charge < -0.3 is 30.3 Å². The summed E-state index contributed by atoms with van der Waals surface area (Å²) >= 11 is 0. The number of aliphatic hydroxyl groups is 5. The maximum absolute atomic E-state index is 12.0. The Morgan fingerprint density at radius 1 is 1.00 bits per heavy atom. The summed E-state index contributed by atoms with van der Waals surface area (Å²) in [6, 6.07) is 0. The van der Waals surface area contributed by atoms with Gasteiger partial charge in [-0.3, -0.25) is 4.79 Å². The van der Waals surface area contributed by atoms with Gasteiger partial charge in [-0.05, 0) is 6.42 Å². The van der Waals surface area contributed by atoms with E-state index in [2.05, 4.69) is 6.92 Å². The van der Waals surface area contributed by atoms with Crippen LogP contribution < -0.4 is 0 Å². The molecule has 0 radical (unpaired) electrons. The van der Waals surface area contributed by atoms with E-state index >= 15 is 0 Å². The molecular formula is C17H32O7. The Morgan fingerprint density at radius 2 is 1.58 bits per heavy atom. The van der Waals surface area contributed by atoms with Crippen LogP contribution in [0.3, 0.4) is 0 Å². The van der Waals surface area contributed by atoms with Crippen LogP contribution in [0.5, 0.6) is 0 Å². The molecule has 5 atom stereocenters. The Kier molecular flexibility index (Phi) is 9.33. The number of ether oxygens (including phenoxy) is 1. The summed E-state index contributed by atoms with van der Waals surface area (Å²) < 4.78 is 5.09. The average molecular weight is 348 g/mol. The smallest absolute Gasteiger partial charge is 0.202 e. The Morgan fingerprint density at radius 3 is 2.17 bits per heavy atom. The topological polar surface area (TPSA) is 127 Å². The summed E-state index contributed by atoms with van der Waals surface area (Å²) in [5.41, 5.74) is 0. The van der Waals surface area contributed by atoms with Crippen LogP contribution in [0.25, 0.3) is 0 Å².